The second-order valence-electron chi connectivity index (χ2n) is 5.69. The number of carbonyl (C=O) groups is 1. The molecule has 0 heterocycles. The van der Waals surface area contributed by atoms with Crippen LogP contribution in [0.1, 0.15) is 29.2 Å². The van der Waals surface area contributed by atoms with E-state index in [0.717, 1.165) is 22.4 Å². The molecule has 0 aliphatic rings. The van der Waals surface area contributed by atoms with Gasteiger partial charge in [0.25, 0.3) is 0 Å². The lowest BCUT2D eigenvalue weighted by atomic mass is 10.1. The van der Waals surface area contributed by atoms with Gasteiger partial charge >= 0.3 is 0 Å². The van der Waals surface area contributed by atoms with Gasteiger partial charge in [-0.25, -0.2) is 0 Å². The van der Waals surface area contributed by atoms with Crippen molar-refractivity contribution in [3.8, 4) is 5.75 Å². The molecular weight excluding hydrogens is 288 g/mol. The lowest BCUT2D eigenvalue weighted by Gasteiger charge is -2.14. The van der Waals surface area contributed by atoms with Crippen molar-refractivity contribution in [2.24, 2.45) is 5.73 Å². The highest BCUT2D eigenvalue weighted by Crippen LogP contribution is 2.19. The zero-order valence-electron chi connectivity index (χ0n) is 13.7. The van der Waals surface area contributed by atoms with Crippen LogP contribution in [-0.4, -0.2) is 19.1 Å². The number of nitrogens with two attached hydrogens (primary N) is 1. The van der Waals surface area contributed by atoms with E-state index in [0.29, 0.717) is 19.6 Å². The molecule has 4 heteroatoms. The minimum atomic E-state index is -0.194. The first-order chi connectivity index (χ1) is 11.1. The predicted octanol–water partition coefficient (Wildman–Crippen LogP) is 2.89. The summed E-state index contributed by atoms with van der Waals surface area (Å²) in [6, 6.07) is 15.6. The summed E-state index contributed by atoms with van der Waals surface area (Å²) in [5.74, 6) is 0.778. The van der Waals surface area contributed by atoms with Gasteiger partial charge in [0.1, 0.15) is 5.75 Å². The molecule has 3 N–H and O–H groups in total. The summed E-state index contributed by atoms with van der Waals surface area (Å²) in [4.78, 5) is 11.9. The lowest BCUT2D eigenvalue weighted by Crippen LogP contribution is -2.32. The molecule has 2 aromatic carbocycles. The highest BCUT2D eigenvalue weighted by atomic mass is 16.5. The van der Waals surface area contributed by atoms with Crippen LogP contribution in [0.4, 0.5) is 0 Å². The highest BCUT2D eigenvalue weighted by molar-refractivity contribution is 5.76. The van der Waals surface area contributed by atoms with Crippen LogP contribution in [0, 0.1) is 13.8 Å². The molecule has 0 aliphatic carbocycles. The van der Waals surface area contributed by atoms with Gasteiger partial charge in [-0.15, -0.1) is 0 Å². The Bertz CT molecular complexity index is 641. The molecule has 0 saturated heterocycles. The molecule has 23 heavy (non-hydrogen) atoms. The largest absolute Gasteiger partial charge is 0.493 e. The summed E-state index contributed by atoms with van der Waals surface area (Å²) in [6.45, 7) is 4.79. The normalized spacial score (nSPS) is 11.8. The van der Waals surface area contributed by atoms with E-state index in [1.807, 2.05) is 62.4 Å². The number of carbonyl (C=O) groups excluding carboxylic acids is 1. The molecular formula is C19H24N2O2. The monoisotopic (exact) mass is 312 g/mol. The fourth-order valence-electron chi connectivity index (χ4n) is 2.25. The van der Waals surface area contributed by atoms with Gasteiger partial charge in [0, 0.05) is 12.6 Å². The van der Waals surface area contributed by atoms with Crippen LogP contribution in [0.3, 0.4) is 0 Å². The zero-order chi connectivity index (χ0) is 16.7. The molecule has 2 aromatic rings. The molecule has 1 unspecified atom stereocenters. The van der Waals surface area contributed by atoms with Gasteiger partial charge in [-0.1, -0.05) is 42.5 Å². The van der Waals surface area contributed by atoms with Crippen molar-refractivity contribution in [3.63, 3.8) is 0 Å². The Hall–Kier alpha value is -2.33. The standard InChI is InChI=1S/C19H24N2O2/c1-14-8-9-15(2)18(12-14)23-11-10-19(22)21-13-17(20)16-6-4-3-5-7-16/h3-9,12,17H,10-11,13,20H2,1-2H3,(H,21,22). The quantitative estimate of drug-likeness (QED) is 0.826. The van der Waals surface area contributed by atoms with Crippen LogP contribution < -0.4 is 15.8 Å². The van der Waals surface area contributed by atoms with Crippen LogP contribution in [0.2, 0.25) is 0 Å². The van der Waals surface area contributed by atoms with Crippen molar-refractivity contribution in [3.05, 3.63) is 65.2 Å². The molecule has 0 spiro atoms. The number of aryl methyl sites for hydroxylation is 2. The third-order valence-corrected chi connectivity index (χ3v) is 3.68. The first-order valence-electron chi connectivity index (χ1n) is 7.83. The summed E-state index contributed by atoms with van der Waals surface area (Å²) in [7, 11) is 0. The van der Waals surface area contributed by atoms with Crippen LogP contribution in [0.5, 0.6) is 5.75 Å². The van der Waals surface area contributed by atoms with Crippen molar-refractivity contribution in [1.29, 1.82) is 0 Å². The molecule has 2 rings (SSSR count). The van der Waals surface area contributed by atoms with E-state index in [-0.39, 0.29) is 11.9 Å². The van der Waals surface area contributed by atoms with Crippen LogP contribution in [-0.2, 0) is 4.79 Å². The van der Waals surface area contributed by atoms with E-state index in [1.165, 1.54) is 0 Å². The van der Waals surface area contributed by atoms with Gasteiger partial charge in [0.05, 0.1) is 13.0 Å². The maximum absolute atomic E-state index is 11.9. The first-order valence-corrected chi connectivity index (χ1v) is 7.83. The molecule has 0 bridgehead atoms. The number of hydrogen-bond acceptors (Lipinski definition) is 3. The van der Waals surface area contributed by atoms with Crippen molar-refractivity contribution in [2.45, 2.75) is 26.3 Å². The lowest BCUT2D eigenvalue weighted by molar-refractivity contribution is -0.121. The highest BCUT2D eigenvalue weighted by Gasteiger charge is 2.08. The van der Waals surface area contributed by atoms with Crippen molar-refractivity contribution >= 4 is 5.91 Å². The molecule has 0 aliphatic heterocycles. The molecule has 0 fully saturated rings. The van der Waals surface area contributed by atoms with Gasteiger partial charge in [0.15, 0.2) is 0 Å². The van der Waals surface area contributed by atoms with Crippen LogP contribution in [0.15, 0.2) is 48.5 Å². The maximum atomic E-state index is 11.9. The minimum Gasteiger partial charge on any atom is -0.493 e. The first kappa shape index (κ1) is 17.0. The van der Waals surface area contributed by atoms with Gasteiger partial charge in [-0.05, 0) is 36.6 Å². The molecule has 1 atom stereocenters. The molecule has 1 amide bonds. The Balaban J connectivity index is 1.72. The molecule has 0 saturated carbocycles. The average Bonchev–Trinajstić information content (AvgIpc) is 2.56. The van der Waals surface area contributed by atoms with E-state index >= 15 is 0 Å². The Morgan fingerprint density at radius 1 is 1.17 bits per heavy atom. The van der Waals surface area contributed by atoms with Crippen molar-refractivity contribution in [2.75, 3.05) is 13.2 Å². The fraction of sp³-hybridized carbons (Fsp3) is 0.316. The third-order valence-electron chi connectivity index (χ3n) is 3.68. The third kappa shape index (κ3) is 5.42. The van der Waals surface area contributed by atoms with Crippen molar-refractivity contribution < 1.29 is 9.53 Å². The van der Waals surface area contributed by atoms with Crippen molar-refractivity contribution in [1.82, 2.24) is 5.32 Å². The Morgan fingerprint density at radius 2 is 1.91 bits per heavy atom. The Kier molecular flexibility index (Phi) is 6.18. The zero-order valence-corrected chi connectivity index (χ0v) is 13.7. The maximum Gasteiger partial charge on any atom is 0.223 e. The van der Waals surface area contributed by atoms with E-state index in [9.17, 15) is 4.79 Å². The fourth-order valence-corrected chi connectivity index (χ4v) is 2.25. The van der Waals surface area contributed by atoms with E-state index in [2.05, 4.69) is 5.32 Å². The molecule has 4 nitrogen and oxygen atoms in total. The summed E-state index contributed by atoms with van der Waals surface area (Å²) >= 11 is 0. The summed E-state index contributed by atoms with van der Waals surface area (Å²) in [5.41, 5.74) is 9.28. The smallest absolute Gasteiger partial charge is 0.223 e. The Labute approximate surface area is 137 Å². The number of rotatable bonds is 7. The Morgan fingerprint density at radius 3 is 2.65 bits per heavy atom. The number of nitrogens with one attached hydrogen (secondary N) is 1. The minimum absolute atomic E-state index is 0.0540. The van der Waals surface area contributed by atoms with Crippen LogP contribution >= 0.6 is 0 Å². The van der Waals surface area contributed by atoms with E-state index in [4.69, 9.17) is 10.5 Å². The van der Waals surface area contributed by atoms with Gasteiger partial charge in [-0.2, -0.15) is 0 Å². The second kappa shape index (κ2) is 8.34. The number of benzene rings is 2. The average molecular weight is 312 g/mol. The van der Waals surface area contributed by atoms with Gasteiger partial charge in [0.2, 0.25) is 5.91 Å². The summed E-state index contributed by atoms with van der Waals surface area (Å²) in [5, 5.41) is 2.85. The molecule has 0 radical (unpaired) electrons. The topological polar surface area (TPSA) is 64.3 Å². The van der Waals surface area contributed by atoms with Gasteiger partial charge in [-0.3, -0.25) is 4.79 Å². The predicted molar refractivity (Wildman–Crippen MR) is 92.4 cm³/mol. The number of amides is 1. The van der Waals surface area contributed by atoms with Gasteiger partial charge < -0.3 is 15.8 Å². The SMILES string of the molecule is Cc1ccc(C)c(OCCC(=O)NCC(N)c2ccccc2)c1. The van der Waals surface area contributed by atoms with Crippen LogP contribution in [0.25, 0.3) is 0 Å². The molecule has 0 aromatic heterocycles. The van der Waals surface area contributed by atoms with E-state index in [1.54, 1.807) is 0 Å². The number of ether oxygens (including phenoxy) is 1. The number of hydrogen-bond donors (Lipinski definition) is 2. The summed E-state index contributed by atoms with van der Waals surface area (Å²) in [6.07, 6.45) is 0.314. The second-order valence-corrected chi connectivity index (χ2v) is 5.69. The summed E-state index contributed by atoms with van der Waals surface area (Å²) < 4.78 is 5.69. The van der Waals surface area contributed by atoms with E-state index < -0.39 is 0 Å². The molecule has 122 valence electrons.